The number of aromatic carboxylic acids is 1. The summed E-state index contributed by atoms with van der Waals surface area (Å²) in [5, 5.41) is 13.5. The van der Waals surface area contributed by atoms with E-state index in [4.69, 9.17) is 5.11 Å². The Morgan fingerprint density at radius 3 is 2.80 bits per heavy atom. The smallest absolute Gasteiger partial charge is 0.337 e. The standard InChI is InChI=1S/C11H10N4O5/c16-8(5-15-9(17)4-13-11(15)20)14-7-3-12-2-1-6(7)10(18)19/h1-3H,4-5H2,(H,13,20)(H,14,16)(H,18,19). The van der Waals surface area contributed by atoms with Gasteiger partial charge in [0.15, 0.2) is 0 Å². The zero-order valence-electron chi connectivity index (χ0n) is 10.1. The Kier molecular flexibility index (Phi) is 3.60. The van der Waals surface area contributed by atoms with Crippen molar-refractivity contribution in [2.45, 2.75) is 0 Å². The highest BCUT2D eigenvalue weighted by Crippen LogP contribution is 2.13. The molecular formula is C11H10N4O5. The van der Waals surface area contributed by atoms with E-state index in [0.717, 1.165) is 4.90 Å². The average Bonchev–Trinajstić information content (AvgIpc) is 2.71. The highest BCUT2D eigenvalue weighted by atomic mass is 16.4. The number of rotatable bonds is 4. The number of hydrogen-bond donors (Lipinski definition) is 3. The van der Waals surface area contributed by atoms with Crippen LogP contribution in [-0.2, 0) is 9.59 Å². The van der Waals surface area contributed by atoms with Gasteiger partial charge in [0.05, 0.1) is 24.0 Å². The van der Waals surface area contributed by atoms with E-state index >= 15 is 0 Å². The predicted molar refractivity (Wildman–Crippen MR) is 64.9 cm³/mol. The maximum Gasteiger partial charge on any atom is 0.337 e. The van der Waals surface area contributed by atoms with E-state index in [2.05, 4.69) is 15.6 Å². The van der Waals surface area contributed by atoms with E-state index in [-0.39, 0.29) is 17.8 Å². The minimum Gasteiger partial charge on any atom is -0.478 e. The van der Waals surface area contributed by atoms with Gasteiger partial charge in [-0.2, -0.15) is 0 Å². The summed E-state index contributed by atoms with van der Waals surface area (Å²) >= 11 is 0. The summed E-state index contributed by atoms with van der Waals surface area (Å²) in [7, 11) is 0. The van der Waals surface area contributed by atoms with Gasteiger partial charge in [-0.25, -0.2) is 9.59 Å². The molecule has 2 rings (SSSR count). The van der Waals surface area contributed by atoms with Crippen molar-refractivity contribution in [3.63, 3.8) is 0 Å². The third kappa shape index (κ3) is 2.71. The quantitative estimate of drug-likeness (QED) is 0.623. The normalized spacial score (nSPS) is 14.1. The van der Waals surface area contributed by atoms with Gasteiger partial charge in [-0.3, -0.25) is 19.5 Å². The SMILES string of the molecule is O=C(CN1C(=O)CNC1=O)Nc1cnccc1C(=O)O. The summed E-state index contributed by atoms with van der Waals surface area (Å²) in [5.41, 5.74) is -0.136. The summed E-state index contributed by atoms with van der Waals surface area (Å²) in [6, 6.07) is 0.570. The van der Waals surface area contributed by atoms with Crippen molar-refractivity contribution in [2.24, 2.45) is 0 Å². The van der Waals surface area contributed by atoms with Crippen LogP contribution >= 0.6 is 0 Å². The van der Waals surface area contributed by atoms with Crippen LogP contribution < -0.4 is 10.6 Å². The lowest BCUT2D eigenvalue weighted by Crippen LogP contribution is -2.38. The largest absolute Gasteiger partial charge is 0.478 e. The monoisotopic (exact) mass is 278 g/mol. The molecule has 0 bridgehead atoms. The van der Waals surface area contributed by atoms with E-state index < -0.39 is 30.4 Å². The Morgan fingerprint density at radius 1 is 1.45 bits per heavy atom. The molecule has 1 aromatic rings. The van der Waals surface area contributed by atoms with Gasteiger partial charge in [0.25, 0.3) is 5.91 Å². The second kappa shape index (κ2) is 5.34. The molecule has 4 amide bonds. The minimum atomic E-state index is -1.22. The van der Waals surface area contributed by atoms with E-state index in [1.165, 1.54) is 18.5 Å². The fourth-order valence-electron chi connectivity index (χ4n) is 1.63. The number of carbonyl (C=O) groups excluding carboxylic acids is 3. The fourth-order valence-corrected chi connectivity index (χ4v) is 1.63. The summed E-state index contributed by atoms with van der Waals surface area (Å²) < 4.78 is 0. The number of hydrogen-bond acceptors (Lipinski definition) is 5. The number of nitrogens with zero attached hydrogens (tertiary/aromatic N) is 2. The Labute approximate surface area is 112 Å². The molecule has 0 atom stereocenters. The molecule has 0 radical (unpaired) electrons. The summed E-state index contributed by atoms with van der Waals surface area (Å²) in [6.07, 6.45) is 2.45. The van der Waals surface area contributed by atoms with Gasteiger partial charge < -0.3 is 15.7 Å². The fraction of sp³-hybridized carbons (Fsp3) is 0.182. The van der Waals surface area contributed by atoms with Crippen LogP contribution in [-0.4, -0.2) is 51.9 Å². The van der Waals surface area contributed by atoms with Crippen LogP contribution in [0.3, 0.4) is 0 Å². The molecule has 9 nitrogen and oxygen atoms in total. The zero-order valence-corrected chi connectivity index (χ0v) is 10.1. The third-order valence-electron chi connectivity index (χ3n) is 2.56. The molecule has 20 heavy (non-hydrogen) atoms. The molecule has 1 aliphatic rings. The van der Waals surface area contributed by atoms with Gasteiger partial charge in [-0.1, -0.05) is 0 Å². The number of nitrogens with one attached hydrogen (secondary N) is 2. The van der Waals surface area contributed by atoms with Gasteiger partial charge in [-0.15, -0.1) is 0 Å². The van der Waals surface area contributed by atoms with E-state index in [1.807, 2.05) is 0 Å². The first-order chi connectivity index (χ1) is 9.49. The maximum absolute atomic E-state index is 11.7. The number of urea groups is 1. The second-order valence-electron chi connectivity index (χ2n) is 3.91. The van der Waals surface area contributed by atoms with Crippen molar-refractivity contribution >= 4 is 29.5 Å². The molecule has 1 aliphatic heterocycles. The third-order valence-corrected chi connectivity index (χ3v) is 2.56. The molecule has 1 aromatic heterocycles. The number of pyridine rings is 1. The topological polar surface area (TPSA) is 129 Å². The lowest BCUT2D eigenvalue weighted by atomic mass is 10.2. The first-order valence-corrected chi connectivity index (χ1v) is 5.54. The highest BCUT2D eigenvalue weighted by Gasteiger charge is 2.30. The van der Waals surface area contributed by atoms with Gasteiger partial charge in [0.2, 0.25) is 5.91 Å². The summed E-state index contributed by atoms with van der Waals surface area (Å²) in [5.74, 6) is -2.43. The molecule has 0 spiro atoms. The molecule has 0 saturated carbocycles. The van der Waals surface area contributed by atoms with Crippen molar-refractivity contribution in [3.8, 4) is 0 Å². The molecule has 1 fully saturated rings. The Balaban J connectivity index is 2.07. The van der Waals surface area contributed by atoms with Crippen LogP contribution in [0.4, 0.5) is 10.5 Å². The number of carbonyl (C=O) groups is 4. The van der Waals surface area contributed by atoms with E-state index in [9.17, 15) is 19.2 Å². The molecule has 0 unspecified atom stereocenters. The van der Waals surface area contributed by atoms with Gasteiger partial charge in [0, 0.05) is 6.20 Å². The second-order valence-corrected chi connectivity index (χ2v) is 3.91. The van der Waals surface area contributed by atoms with Crippen LogP contribution in [0.25, 0.3) is 0 Å². The molecular weight excluding hydrogens is 268 g/mol. The highest BCUT2D eigenvalue weighted by molar-refractivity contribution is 6.07. The molecule has 1 saturated heterocycles. The van der Waals surface area contributed by atoms with Crippen LogP contribution in [0.5, 0.6) is 0 Å². The first-order valence-electron chi connectivity index (χ1n) is 5.54. The molecule has 0 aromatic carbocycles. The molecule has 2 heterocycles. The van der Waals surface area contributed by atoms with Gasteiger partial charge in [-0.05, 0) is 6.07 Å². The number of imide groups is 1. The van der Waals surface area contributed by atoms with Gasteiger partial charge >= 0.3 is 12.0 Å². The van der Waals surface area contributed by atoms with Crippen molar-refractivity contribution < 1.29 is 24.3 Å². The van der Waals surface area contributed by atoms with E-state index in [0.29, 0.717) is 0 Å². The average molecular weight is 278 g/mol. The van der Waals surface area contributed by atoms with E-state index in [1.54, 1.807) is 0 Å². The van der Waals surface area contributed by atoms with Crippen LogP contribution in [0.1, 0.15) is 10.4 Å². The molecule has 3 N–H and O–H groups in total. The summed E-state index contributed by atoms with van der Waals surface area (Å²) in [6.45, 7) is -0.641. The Bertz CT molecular complexity index is 584. The van der Waals surface area contributed by atoms with Crippen LogP contribution in [0.15, 0.2) is 18.5 Å². The minimum absolute atomic E-state index is 0.00273. The number of anilines is 1. The van der Waals surface area contributed by atoms with Crippen molar-refractivity contribution in [1.29, 1.82) is 0 Å². The number of aromatic nitrogens is 1. The molecule has 9 heteroatoms. The Hall–Kier alpha value is -2.97. The summed E-state index contributed by atoms with van der Waals surface area (Å²) in [4.78, 5) is 49.7. The van der Waals surface area contributed by atoms with Gasteiger partial charge in [0.1, 0.15) is 6.54 Å². The molecule has 0 aliphatic carbocycles. The predicted octanol–water partition coefficient (Wildman–Crippen LogP) is -0.730. The number of carboxylic acid groups (broad SMARTS) is 1. The molecule has 104 valence electrons. The van der Waals surface area contributed by atoms with Crippen LogP contribution in [0.2, 0.25) is 0 Å². The lowest BCUT2D eigenvalue weighted by Gasteiger charge is -2.12. The zero-order chi connectivity index (χ0) is 14.7. The maximum atomic E-state index is 11.7. The lowest BCUT2D eigenvalue weighted by molar-refractivity contribution is -0.128. The van der Waals surface area contributed by atoms with Crippen LogP contribution in [0, 0.1) is 0 Å². The van der Waals surface area contributed by atoms with Crippen molar-refractivity contribution in [2.75, 3.05) is 18.4 Å². The first kappa shape index (κ1) is 13.5. The van der Waals surface area contributed by atoms with Crippen molar-refractivity contribution in [1.82, 2.24) is 15.2 Å². The number of amides is 4. The number of carboxylic acids is 1. The van der Waals surface area contributed by atoms with Crippen molar-refractivity contribution in [3.05, 3.63) is 24.0 Å². The Morgan fingerprint density at radius 2 is 2.20 bits per heavy atom.